The van der Waals surface area contributed by atoms with Gasteiger partial charge in [0.1, 0.15) is 0 Å². The molecule has 80 valence electrons. The second-order valence-electron chi connectivity index (χ2n) is 1.85. The van der Waals surface area contributed by atoms with Crippen LogP contribution in [0.4, 0.5) is 26.3 Å². The Bertz CT molecular complexity index is 147. The average molecular weight is 251 g/mol. The Hall–Kier alpha value is 0.120. The molecule has 0 saturated carbocycles. The lowest BCUT2D eigenvalue weighted by atomic mass is 10.6. The maximum absolute atomic E-state index is 12.0. The van der Waals surface area contributed by atoms with Crippen molar-refractivity contribution in [1.29, 1.82) is 0 Å². The van der Waals surface area contributed by atoms with Gasteiger partial charge in [0.15, 0.2) is 0 Å². The lowest BCUT2D eigenvalue weighted by molar-refractivity contribution is -0.248. The van der Waals surface area contributed by atoms with Crippen LogP contribution in [0, 0.1) is 0 Å². The van der Waals surface area contributed by atoms with Gasteiger partial charge in [-0.05, 0) is 23.2 Å². The molecule has 0 aromatic carbocycles. The Morgan fingerprint density at radius 1 is 0.846 bits per heavy atom. The van der Waals surface area contributed by atoms with E-state index in [4.69, 9.17) is 0 Å². The summed E-state index contributed by atoms with van der Waals surface area (Å²) in [7, 11) is 0. The van der Waals surface area contributed by atoms with Crippen molar-refractivity contribution in [2.75, 3.05) is 0 Å². The van der Waals surface area contributed by atoms with E-state index in [1.54, 1.807) is 0 Å². The summed E-state index contributed by atoms with van der Waals surface area (Å²) < 4.78 is 73.5. The minimum Gasteiger partial charge on any atom is -0.301 e. The standard InChI is InChI=1S/C4H2Cl2F6O/c5-3(9,10)1(7)13-2(8)4(6,11)12/h1-2H. The van der Waals surface area contributed by atoms with Crippen LogP contribution in [0.1, 0.15) is 0 Å². The van der Waals surface area contributed by atoms with E-state index in [1.165, 1.54) is 0 Å². The molecule has 0 radical (unpaired) electrons. The number of hydrogen-bond donors (Lipinski definition) is 0. The molecule has 0 aromatic rings. The number of alkyl halides is 8. The molecule has 1 nitrogen and oxygen atoms in total. The van der Waals surface area contributed by atoms with Gasteiger partial charge in [-0.3, -0.25) is 0 Å². The van der Waals surface area contributed by atoms with Crippen molar-refractivity contribution in [3.05, 3.63) is 0 Å². The molecule has 0 aliphatic rings. The van der Waals surface area contributed by atoms with Crippen molar-refractivity contribution in [2.45, 2.75) is 23.5 Å². The van der Waals surface area contributed by atoms with Gasteiger partial charge in [-0.25, -0.2) is 8.78 Å². The zero-order chi connectivity index (χ0) is 10.9. The largest absolute Gasteiger partial charge is 0.376 e. The quantitative estimate of drug-likeness (QED) is 0.550. The van der Waals surface area contributed by atoms with Gasteiger partial charge in [-0.2, -0.15) is 17.6 Å². The van der Waals surface area contributed by atoms with E-state index in [2.05, 4.69) is 27.9 Å². The Labute approximate surface area is 78.5 Å². The number of halogens is 8. The molecule has 0 N–H and O–H groups in total. The minimum atomic E-state index is -4.59. The molecule has 0 aromatic heterocycles. The van der Waals surface area contributed by atoms with Crippen molar-refractivity contribution < 1.29 is 31.1 Å². The summed E-state index contributed by atoms with van der Waals surface area (Å²) >= 11 is 7.98. The minimum absolute atomic E-state index is 2.88. The molecule has 9 heteroatoms. The predicted octanol–water partition coefficient (Wildman–Crippen LogP) is 3.26. The van der Waals surface area contributed by atoms with Crippen molar-refractivity contribution in [1.82, 2.24) is 0 Å². The first-order valence-corrected chi connectivity index (χ1v) is 3.38. The van der Waals surface area contributed by atoms with Gasteiger partial charge in [0.25, 0.3) is 12.7 Å². The molecule has 0 spiro atoms. The summed E-state index contributed by atoms with van der Waals surface area (Å²) in [5.41, 5.74) is 0. The van der Waals surface area contributed by atoms with Crippen LogP contribution in [0.15, 0.2) is 0 Å². The summed E-state index contributed by atoms with van der Waals surface area (Å²) in [5, 5.41) is -9.18. The van der Waals surface area contributed by atoms with E-state index >= 15 is 0 Å². The van der Waals surface area contributed by atoms with Gasteiger partial charge in [-0.1, -0.05) is 0 Å². The lowest BCUT2D eigenvalue weighted by Crippen LogP contribution is -2.35. The summed E-state index contributed by atoms with van der Waals surface area (Å²) in [6.45, 7) is 0. The normalized spacial score (nSPS) is 18.5. The van der Waals surface area contributed by atoms with Crippen LogP contribution in [-0.4, -0.2) is 23.5 Å². The SMILES string of the molecule is FC(OC(F)C(F)(F)Cl)C(F)(F)Cl. The van der Waals surface area contributed by atoms with E-state index in [0.717, 1.165) is 0 Å². The fourth-order valence-electron chi connectivity index (χ4n) is 0.259. The highest BCUT2D eigenvalue weighted by Gasteiger charge is 2.47. The zero-order valence-electron chi connectivity index (χ0n) is 5.59. The lowest BCUT2D eigenvalue weighted by Gasteiger charge is -2.19. The second kappa shape index (κ2) is 4.10. The van der Waals surface area contributed by atoms with Gasteiger partial charge >= 0.3 is 10.8 Å². The van der Waals surface area contributed by atoms with Crippen molar-refractivity contribution >= 4 is 23.2 Å². The summed E-state index contributed by atoms with van der Waals surface area (Å²) in [5.74, 6) is 0. The Balaban J connectivity index is 4.15. The fourth-order valence-corrected chi connectivity index (χ4v) is 0.362. The molecule has 0 aliphatic carbocycles. The van der Waals surface area contributed by atoms with Crippen LogP contribution in [0.2, 0.25) is 0 Å². The fraction of sp³-hybridized carbons (Fsp3) is 1.00. The van der Waals surface area contributed by atoms with E-state index in [1.807, 2.05) is 0 Å². The third kappa shape index (κ3) is 4.78. The highest BCUT2D eigenvalue weighted by Crippen LogP contribution is 2.33. The number of ether oxygens (including phenoxy) is 1. The Morgan fingerprint density at radius 3 is 1.23 bits per heavy atom. The van der Waals surface area contributed by atoms with E-state index in [-0.39, 0.29) is 0 Å². The first kappa shape index (κ1) is 13.1. The molecule has 2 unspecified atom stereocenters. The van der Waals surface area contributed by atoms with Gasteiger partial charge in [0.2, 0.25) is 0 Å². The van der Waals surface area contributed by atoms with Crippen LogP contribution >= 0.6 is 23.2 Å². The molecule has 13 heavy (non-hydrogen) atoms. The molecule has 0 bridgehead atoms. The number of hydrogen-bond acceptors (Lipinski definition) is 1. The van der Waals surface area contributed by atoms with E-state index < -0.39 is 23.5 Å². The zero-order valence-corrected chi connectivity index (χ0v) is 7.10. The molecule has 0 saturated heterocycles. The first-order chi connectivity index (χ1) is 5.55. The third-order valence-electron chi connectivity index (χ3n) is 0.754. The molecular weight excluding hydrogens is 249 g/mol. The average Bonchev–Trinajstić information content (AvgIpc) is 1.82. The highest BCUT2D eigenvalue weighted by atomic mass is 35.5. The Kier molecular flexibility index (Phi) is 4.14. The monoisotopic (exact) mass is 250 g/mol. The van der Waals surface area contributed by atoms with Crippen molar-refractivity contribution in [3.63, 3.8) is 0 Å². The molecule has 0 rings (SSSR count). The van der Waals surface area contributed by atoms with Crippen molar-refractivity contribution in [3.8, 4) is 0 Å². The summed E-state index contributed by atoms with van der Waals surface area (Å²) in [4.78, 5) is 0. The number of rotatable bonds is 4. The smallest absolute Gasteiger partial charge is 0.301 e. The molecule has 0 aliphatic heterocycles. The van der Waals surface area contributed by atoms with Gasteiger partial charge < -0.3 is 4.74 Å². The topological polar surface area (TPSA) is 9.23 Å². The molecule has 2 atom stereocenters. The van der Waals surface area contributed by atoms with Gasteiger partial charge in [0, 0.05) is 0 Å². The second-order valence-corrected chi connectivity index (χ2v) is 2.86. The highest BCUT2D eigenvalue weighted by molar-refractivity contribution is 6.22. The van der Waals surface area contributed by atoms with E-state index in [9.17, 15) is 26.3 Å². The maximum Gasteiger partial charge on any atom is 0.376 e. The molecule has 0 fully saturated rings. The predicted molar refractivity (Wildman–Crippen MR) is 32.5 cm³/mol. The van der Waals surface area contributed by atoms with Gasteiger partial charge in [0.05, 0.1) is 0 Å². The van der Waals surface area contributed by atoms with Crippen LogP contribution in [0.5, 0.6) is 0 Å². The van der Waals surface area contributed by atoms with E-state index in [0.29, 0.717) is 0 Å². The first-order valence-electron chi connectivity index (χ1n) is 2.62. The molecule has 0 amide bonds. The summed E-state index contributed by atoms with van der Waals surface area (Å²) in [6.07, 6.45) is -7.40. The maximum atomic E-state index is 12.0. The molecule has 0 heterocycles. The van der Waals surface area contributed by atoms with Crippen LogP contribution in [0.3, 0.4) is 0 Å². The molecular formula is C4H2Cl2F6O. The third-order valence-corrected chi connectivity index (χ3v) is 1.10. The van der Waals surface area contributed by atoms with Crippen LogP contribution in [-0.2, 0) is 4.74 Å². The van der Waals surface area contributed by atoms with Gasteiger partial charge in [-0.15, -0.1) is 0 Å². The van der Waals surface area contributed by atoms with Crippen molar-refractivity contribution in [2.24, 2.45) is 0 Å². The van der Waals surface area contributed by atoms with Crippen LogP contribution < -0.4 is 0 Å². The van der Waals surface area contributed by atoms with Crippen LogP contribution in [0.25, 0.3) is 0 Å². The summed E-state index contributed by atoms with van der Waals surface area (Å²) in [6, 6.07) is 0. The Morgan fingerprint density at radius 2 is 1.08 bits per heavy atom.